The van der Waals surface area contributed by atoms with Crippen LogP contribution in [0.15, 0.2) is 48.5 Å². The number of esters is 1. The molecule has 1 atom stereocenters. The highest BCUT2D eigenvalue weighted by Gasteiger charge is 2.31. The zero-order valence-electron chi connectivity index (χ0n) is 14.3. The highest BCUT2D eigenvalue weighted by molar-refractivity contribution is 7.78. The minimum atomic E-state index is -3.13. The molecule has 0 aromatic heterocycles. The van der Waals surface area contributed by atoms with E-state index in [9.17, 15) is 18.0 Å². The molecule has 6 heteroatoms. The van der Waals surface area contributed by atoms with Crippen LogP contribution in [0.3, 0.4) is 0 Å². The van der Waals surface area contributed by atoms with Crippen LogP contribution in [-0.2, 0) is 9.53 Å². The van der Waals surface area contributed by atoms with Crippen LogP contribution in [0.25, 0.3) is 11.1 Å². The number of carbonyl (C=O) groups is 1. The third-order valence-electron chi connectivity index (χ3n) is 3.99. The lowest BCUT2D eigenvalue weighted by atomic mass is 9.97. The Morgan fingerprint density at radius 3 is 2.54 bits per heavy atom. The van der Waals surface area contributed by atoms with Crippen molar-refractivity contribution in [3.8, 4) is 11.1 Å². The number of thiocarbonyl (C=S) groups is 1. The summed E-state index contributed by atoms with van der Waals surface area (Å²) in [5, 5.41) is 1.22. The van der Waals surface area contributed by atoms with Gasteiger partial charge in [0.2, 0.25) is 0 Å². The van der Waals surface area contributed by atoms with Crippen LogP contribution < -0.4 is 0 Å². The highest BCUT2D eigenvalue weighted by atomic mass is 32.1. The Morgan fingerprint density at radius 1 is 1.23 bits per heavy atom. The van der Waals surface area contributed by atoms with Crippen LogP contribution in [0.4, 0.5) is 13.2 Å². The Hall–Kier alpha value is -2.21. The first-order chi connectivity index (χ1) is 12.3. The molecule has 2 nitrogen and oxygen atoms in total. The Balaban J connectivity index is 2.05. The van der Waals surface area contributed by atoms with E-state index in [0.29, 0.717) is 16.7 Å². The summed E-state index contributed by atoms with van der Waals surface area (Å²) in [6.07, 6.45) is -0.417. The summed E-state index contributed by atoms with van der Waals surface area (Å²) in [5.74, 6) is -5.29. The van der Waals surface area contributed by atoms with Crippen molar-refractivity contribution < 1.29 is 22.7 Å². The van der Waals surface area contributed by atoms with E-state index < -0.39 is 36.7 Å². The van der Waals surface area contributed by atoms with Crippen LogP contribution in [0.1, 0.15) is 31.2 Å². The zero-order chi connectivity index (χ0) is 19.2. The number of benzene rings is 2. The summed E-state index contributed by atoms with van der Waals surface area (Å²) in [7, 11) is 0. The second-order valence-corrected chi connectivity index (χ2v) is 6.33. The molecular formula is C20H19F3O2S. The Kier molecular flexibility index (Phi) is 6.91. The van der Waals surface area contributed by atoms with Gasteiger partial charge in [-0.15, -0.1) is 0 Å². The Bertz CT molecular complexity index is 763. The maximum absolute atomic E-state index is 14.4. The van der Waals surface area contributed by atoms with Crippen molar-refractivity contribution in [1.82, 2.24) is 0 Å². The highest BCUT2D eigenvalue weighted by Crippen LogP contribution is 2.27. The molecule has 0 spiro atoms. The van der Waals surface area contributed by atoms with Crippen LogP contribution in [0.2, 0.25) is 0 Å². The molecular weight excluding hydrogens is 361 g/mol. The topological polar surface area (TPSA) is 26.3 Å². The molecule has 0 fully saturated rings. The molecule has 2 aromatic carbocycles. The molecule has 0 aliphatic rings. The van der Waals surface area contributed by atoms with Crippen molar-refractivity contribution in [2.75, 3.05) is 6.61 Å². The first kappa shape index (κ1) is 20.1. The molecule has 0 amide bonds. The number of halogens is 3. The van der Waals surface area contributed by atoms with Gasteiger partial charge in [0.25, 0.3) is 5.92 Å². The quantitative estimate of drug-likeness (QED) is 0.443. The maximum atomic E-state index is 14.4. The summed E-state index contributed by atoms with van der Waals surface area (Å²) >= 11 is 4.52. The fraction of sp³-hybridized carbons (Fsp3) is 0.300. The second kappa shape index (κ2) is 8.94. The predicted molar refractivity (Wildman–Crippen MR) is 99.0 cm³/mol. The fourth-order valence-corrected chi connectivity index (χ4v) is 2.55. The van der Waals surface area contributed by atoms with Crippen molar-refractivity contribution >= 4 is 23.6 Å². The van der Waals surface area contributed by atoms with E-state index in [4.69, 9.17) is 4.74 Å². The summed E-state index contributed by atoms with van der Waals surface area (Å²) in [4.78, 5) is 12.0. The standard InChI is InChI=1S/C20H19F3O2S/c1-14(19(24)25-13-20(22,23)10-5-11-26)16-8-9-17(18(21)12-16)15-6-3-2-4-7-15/h2-4,6-9,11-12,14H,5,10,13H2,1H3. The molecule has 138 valence electrons. The van der Waals surface area contributed by atoms with Gasteiger partial charge in [-0.25, -0.2) is 13.2 Å². The van der Waals surface area contributed by atoms with Crippen molar-refractivity contribution in [1.29, 1.82) is 0 Å². The number of hydrogen-bond donors (Lipinski definition) is 0. The molecule has 2 rings (SSSR count). The van der Waals surface area contributed by atoms with Gasteiger partial charge in [-0.2, -0.15) is 0 Å². The number of carbonyl (C=O) groups excluding carboxylic acids is 1. The molecule has 0 radical (unpaired) electrons. The van der Waals surface area contributed by atoms with Crippen molar-refractivity contribution in [2.45, 2.75) is 31.6 Å². The Labute approximate surface area is 156 Å². The van der Waals surface area contributed by atoms with Crippen LogP contribution >= 0.6 is 12.2 Å². The van der Waals surface area contributed by atoms with Gasteiger partial charge in [0.15, 0.2) is 6.61 Å². The van der Waals surface area contributed by atoms with Gasteiger partial charge in [-0.1, -0.05) is 54.7 Å². The third kappa shape index (κ3) is 5.39. The molecule has 0 saturated heterocycles. The van der Waals surface area contributed by atoms with Gasteiger partial charge in [-0.3, -0.25) is 4.79 Å². The average molecular weight is 380 g/mol. The number of hydrogen-bond acceptors (Lipinski definition) is 3. The predicted octanol–water partition coefficient (Wildman–Crippen LogP) is 5.55. The molecule has 0 heterocycles. The lowest BCUT2D eigenvalue weighted by molar-refractivity contribution is -0.157. The zero-order valence-corrected chi connectivity index (χ0v) is 15.1. The number of ether oxygens (including phenoxy) is 1. The number of alkyl halides is 2. The van der Waals surface area contributed by atoms with E-state index in [0.717, 1.165) is 0 Å². The Morgan fingerprint density at radius 2 is 1.92 bits per heavy atom. The van der Waals surface area contributed by atoms with Crippen molar-refractivity contribution in [3.63, 3.8) is 0 Å². The van der Waals surface area contributed by atoms with Crippen LogP contribution in [0.5, 0.6) is 0 Å². The molecule has 0 bridgehead atoms. The molecule has 26 heavy (non-hydrogen) atoms. The summed E-state index contributed by atoms with van der Waals surface area (Å²) < 4.78 is 46.2. The molecule has 0 saturated carbocycles. The minimum Gasteiger partial charge on any atom is -0.459 e. The van der Waals surface area contributed by atoms with E-state index in [1.165, 1.54) is 18.4 Å². The molecule has 2 aromatic rings. The smallest absolute Gasteiger partial charge is 0.313 e. The normalized spacial score (nSPS) is 12.5. The minimum absolute atomic E-state index is 0.0571. The third-order valence-corrected chi connectivity index (χ3v) is 4.22. The summed E-state index contributed by atoms with van der Waals surface area (Å²) in [6.45, 7) is 0.485. The van der Waals surface area contributed by atoms with Gasteiger partial charge in [0.1, 0.15) is 5.82 Å². The van der Waals surface area contributed by atoms with E-state index in [1.807, 2.05) is 6.07 Å². The van der Waals surface area contributed by atoms with Crippen LogP contribution in [0, 0.1) is 5.82 Å². The van der Waals surface area contributed by atoms with Crippen molar-refractivity contribution in [2.24, 2.45) is 0 Å². The van der Waals surface area contributed by atoms with E-state index in [1.54, 1.807) is 36.4 Å². The summed E-state index contributed by atoms with van der Waals surface area (Å²) in [6, 6.07) is 13.4. The molecule has 1 unspecified atom stereocenters. The van der Waals surface area contributed by atoms with Gasteiger partial charge < -0.3 is 4.74 Å². The van der Waals surface area contributed by atoms with Crippen molar-refractivity contribution in [3.05, 3.63) is 59.9 Å². The summed E-state index contributed by atoms with van der Waals surface area (Å²) in [5.41, 5.74) is 1.49. The molecule has 0 aliphatic heterocycles. The first-order valence-corrected chi connectivity index (χ1v) is 8.64. The van der Waals surface area contributed by atoms with Gasteiger partial charge in [0, 0.05) is 12.0 Å². The monoisotopic (exact) mass is 380 g/mol. The van der Waals surface area contributed by atoms with Gasteiger partial charge in [0.05, 0.1) is 5.92 Å². The number of rotatable bonds is 8. The SMILES string of the molecule is CC(C(=O)OCC(F)(F)CCC=S)c1ccc(-c2ccccc2)c(F)c1. The molecule has 0 N–H and O–H groups in total. The average Bonchev–Trinajstić information content (AvgIpc) is 2.64. The van der Waals surface area contributed by atoms with Gasteiger partial charge in [-0.05, 0) is 35.9 Å². The largest absolute Gasteiger partial charge is 0.459 e. The second-order valence-electron chi connectivity index (χ2n) is 6.00. The van der Waals surface area contributed by atoms with E-state index in [2.05, 4.69) is 12.2 Å². The van der Waals surface area contributed by atoms with Gasteiger partial charge >= 0.3 is 5.97 Å². The van der Waals surface area contributed by atoms with E-state index in [-0.39, 0.29) is 6.42 Å². The first-order valence-electron chi connectivity index (χ1n) is 8.17. The lowest BCUT2D eigenvalue weighted by Gasteiger charge is -2.18. The van der Waals surface area contributed by atoms with E-state index >= 15 is 0 Å². The van der Waals surface area contributed by atoms with Crippen LogP contribution in [-0.4, -0.2) is 23.9 Å². The fourth-order valence-electron chi connectivity index (χ4n) is 2.43. The lowest BCUT2D eigenvalue weighted by Crippen LogP contribution is -2.27. The maximum Gasteiger partial charge on any atom is 0.313 e. The molecule has 0 aliphatic carbocycles.